The average molecular weight is 313 g/mol. The molecule has 0 spiro atoms. The summed E-state index contributed by atoms with van der Waals surface area (Å²) in [6.07, 6.45) is 7.94. The molecule has 0 saturated carbocycles. The van der Waals surface area contributed by atoms with Crippen molar-refractivity contribution >= 4 is 15.9 Å². The fraction of sp³-hybridized carbons (Fsp3) is 0.625. The van der Waals surface area contributed by atoms with Gasteiger partial charge in [-0.2, -0.15) is 0 Å². The summed E-state index contributed by atoms with van der Waals surface area (Å²) in [4.78, 5) is 0. The fourth-order valence-electron chi connectivity index (χ4n) is 1.90. The van der Waals surface area contributed by atoms with Gasteiger partial charge in [0.05, 0.1) is 6.61 Å². The molecule has 18 heavy (non-hydrogen) atoms. The minimum Gasteiger partial charge on any atom is -0.377 e. The van der Waals surface area contributed by atoms with E-state index >= 15 is 0 Å². The zero-order valence-electron chi connectivity index (χ0n) is 11.5. The SMILES string of the molecule is CCCCCCCCOCc1ccc(CBr)cc1. The molecule has 1 aromatic carbocycles. The first-order chi connectivity index (χ1) is 8.86. The van der Waals surface area contributed by atoms with E-state index in [-0.39, 0.29) is 0 Å². The maximum absolute atomic E-state index is 5.69. The summed E-state index contributed by atoms with van der Waals surface area (Å²) in [7, 11) is 0. The Morgan fingerprint density at radius 2 is 1.50 bits per heavy atom. The van der Waals surface area contributed by atoms with Gasteiger partial charge in [-0.3, -0.25) is 0 Å². The average Bonchev–Trinajstić information content (AvgIpc) is 2.42. The first-order valence-corrected chi connectivity index (χ1v) is 8.20. The van der Waals surface area contributed by atoms with Crippen molar-refractivity contribution < 1.29 is 4.74 Å². The van der Waals surface area contributed by atoms with Gasteiger partial charge in [0.2, 0.25) is 0 Å². The molecular formula is C16H25BrO. The van der Waals surface area contributed by atoms with Crippen molar-refractivity contribution in [1.82, 2.24) is 0 Å². The first kappa shape index (κ1) is 15.7. The third kappa shape index (κ3) is 7.17. The number of benzene rings is 1. The molecule has 0 saturated heterocycles. The Balaban J connectivity index is 2.00. The highest BCUT2D eigenvalue weighted by atomic mass is 79.9. The molecule has 0 fully saturated rings. The smallest absolute Gasteiger partial charge is 0.0716 e. The molecule has 0 aliphatic heterocycles. The number of hydrogen-bond acceptors (Lipinski definition) is 1. The predicted molar refractivity (Wildman–Crippen MR) is 82.1 cm³/mol. The van der Waals surface area contributed by atoms with Gasteiger partial charge in [0, 0.05) is 11.9 Å². The number of halogens is 1. The molecular weight excluding hydrogens is 288 g/mol. The summed E-state index contributed by atoms with van der Waals surface area (Å²) in [5.41, 5.74) is 2.58. The molecule has 0 heterocycles. The minimum atomic E-state index is 0.748. The standard InChI is InChI=1S/C16H25BrO/c1-2-3-4-5-6-7-12-18-14-16-10-8-15(13-17)9-11-16/h8-11H,2-7,12-14H2,1H3. The van der Waals surface area contributed by atoms with Crippen molar-refractivity contribution in [2.75, 3.05) is 6.61 Å². The van der Waals surface area contributed by atoms with Gasteiger partial charge in [-0.1, -0.05) is 79.2 Å². The molecule has 102 valence electrons. The third-order valence-electron chi connectivity index (χ3n) is 3.09. The van der Waals surface area contributed by atoms with E-state index < -0.39 is 0 Å². The molecule has 0 aliphatic rings. The Labute approximate surface area is 120 Å². The van der Waals surface area contributed by atoms with Crippen molar-refractivity contribution in [2.24, 2.45) is 0 Å². The Morgan fingerprint density at radius 1 is 0.889 bits per heavy atom. The molecule has 1 rings (SSSR count). The van der Waals surface area contributed by atoms with Gasteiger partial charge in [0.15, 0.2) is 0 Å². The zero-order chi connectivity index (χ0) is 13.1. The summed E-state index contributed by atoms with van der Waals surface area (Å²) >= 11 is 3.45. The van der Waals surface area contributed by atoms with Crippen LogP contribution < -0.4 is 0 Å². The number of hydrogen-bond donors (Lipinski definition) is 0. The van der Waals surface area contributed by atoms with Crippen LogP contribution >= 0.6 is 15.9 Å². The number of rotatable bonds is 10. The number of ether oxygens (including phenoxy) is 1. The molecule has 0 amide bonds. The first-order valence-electron chi connectivity index (χ1n) is 7.08. The Kier molecular flexibility index (Phi) is 9.23. The van der Waals surface area contributed by atoms with Crippen LogP contribution in [0.4, 0.5) is 0 Å². The van der Waals surface area contributed by atoms with E-state index in [1.165, 1.54) is 49.7 Å². The minimum absolute atomic E-state index is 0.748. The van der Waals surface area contributed by atoms with Gasteiger partial charge in [-0.05, 0) is 17.5 Å². The van der Waals surface area contributed by atoms with E-state index in [4.69, 9.17) is 4.74 Å². The Bertz CT molecular complexity index is 294. The molecule has 1 nitrogen and oxygen atoms in total. The second kappa shape index (κ2) is 10.6. The molecule has 0 radical (unpaired) electrons. The highest BCUT2D eigenvalue weighted by Crippen LogP contribution is 2.09. The second-order valence-electron chi connectivity index (χ2n) is 4.77. The molecule has 2 heteroatoms. The van der Waals surface area contributed by atoms with Gasteiger partial charge < -0.3 is 4.74 Å². The lowest BCUT2D eigenvalue weighted by atomic mass is 10.1. The molecule has 0 N–H and O–H groups in total. The van der Waals surface area contributed by atoms with E-state index in [9.17, 15) is 0 Å². The van der Waals surface area contributed by atoms with Crippen LogP contribution in [0, 0.1) is 0 Å². The van der Waals surface area contributed by atoms with Gasteiger partial charge >= 0.3 is 0 Å². The molecule has 0 unspecified atom stereocenters. The highest BCUT2D eigenvalue weighted by molar-refractivity contribution is 9.08. The lowest BCUT2D eigenvalue weighted by Crippen LogP contribution is -1.95. The second-order valence-corrected chi connectivity index (χ2v) is 5.33. The normalized spacial score (nSPS) is 10.8. The summed E-state index contributed by atoms with van der Waals surface area (Å²) in [6.45, 7) is 3.90. The largest absolute Gasteiger partial charge is 0.377 e. The van der Waals surface area contributed by atoms with Crippen LogP contribution in [0.3, 0.4) is 0 Å². The van der Waals surface area contributed by atoms with Crippen LogP contribution in [0.2, 0.25) is 0 Å². The van der Waals surface area contributed by atoms with E-state index in [2.05, 4.69) is 47.1 Å². The van der Waals surface area contributed by atoms with Crippen molar-refractivity contribution in [3.63, 3.8) is 0 Å². The van der Waals surface area contributed by atoms with E-state index in [0.717, 1.165) is 18.5 Å². The van der Waals surface area contributed by atoms with Crippen molar-refractivity contribution in [2.45, 2.75) is 57.4 Å². The van der Waals surface area contributed by atoms with Gasteiger partial charge in [-0.15, -0.1) is 0 Å². The third-order valence-corrected chi connectivity index (χ3v) is 3.74. The summed E-state index contributed by atoms with van der Waals surface area (Å²) in [5, 5.41) is 0.923. The maximum Gasteiger partial charge on any atom is 0.0716 e. The molecule has 0 aliphatic carbocycles. The van der Waals surface area contributed by atoms with Crippen LogP contribution in [-0.4, -0.2) is 6.61 Å². The van der Waals surface area contributed by atoms with Gasteiger partial charge in [0.1, 0.15) is 0 Å². The van der Waals surface area contributed by atoms with Crippen LogP contribution in [0.25, 0.3) is 0 Å². The monoisotopic (exact) mass is 312 g/mol. The van der Waals surface area contributed by atoms with Crippen molar-refractivity contribution in [1.29, 1.82) is 0 Å². The highest BCUT2D eigenvalue weighted by Gasteiger charge is 1.95. The van der Waals surface area contributed by atoms with Crippen LogP contribution in [-0.2, 0) is 16.7 Å². The molecule has 0 bridgehead atoms. The molecule has 0 aromatic heterocycles. The predicted octanol–water partition coefficient (Wildman–Crippen LogP) is 5.46. The fourth-order valence-corrected chi connectivity index (χ4v) is 2.27. The zero-order valence-corrected chi connectivity index (χ0v) is 13.0. The summed E-state index contributed by atoms with van der Waals surface area (Å²) in [6, 6.07) is 8.60. The molecule has 0 atom stereocenters. The maximum atomic E-state index is 5.69. The number of unbranched alkanes of at least 4 members (excludes halogenated alkanes) is 5. The van der Waals surface area contributed by atoms with Crippen LogP contribution in [0.15, 0.2) is 24.3 Å². The van der Waals surface area contributed by atoms with Crippen molar-refractivity contribution in [3.8, 4) is 0 Å². The van der Waals surface area contributed by atoms with E-state index in [0.29, 0.717) is 0 Å². The summed E-state index contributed by atoms with van der Waals surface area (Å²) < 4.78 is 5.69. The van der Waals surface area contributed by atoms with Crippen LogP contribution in [0.1, 0.15) is 56.6 Å². The van der Waals surface area contributed by atoms with E-state index in [1.807, 2.05) is 0 Å². The lowest BCUT2D eigenvalue weighted by molar-refractivity contribution is 0.116. The quantitative estimate of drug-likeness (QED) is 0.412. The van der Waals surface area contributed by atoms with Crippen molar-refractivity contribution in [3.05, 3.63) is 35.4 Å². The lowest BCUT2D eigenvalue weighted by Gasteiger charge is -2.05. The number of alkyl halides is 1. The Hall–Kier alpha value is -0.340. The van der Waals surface area contributed by atoms with E-state index in [1.54, 1.807) is 0 Å². The van der Waals surface area contributed by atoms with Gasteiger partial charge in [-0.25, -0.2) is 0 Å². The summed E-state index contributed by atoms with van der Waals surface area (Å²) in [5.74, 6) is 0. The Morgan fingerprint density at radius 3 is 2.17 bits per heavy atom. The topological polar surface area (TPSA) is 9.23 Å². The van der Waals surface area contributed by atoms with Crippen LogP contribution in [0.5, 0.6) is 0 Å². The molecule has 1 aromatic rings. The van der Waals surface area contributed by atoms with Gasteiger partial charge in [0.25, 0.3) is 0 Å².